The van der Waals surface area contributed by atoms with Crippen LogP contribution in [0, 0.1) is 11.6 Å². The third kappa shape index (κ3) is 4.52. The van der Waals surface area contributed by atoms with E-state index in [1.807, 2.05) is 0 Å². The molecule has 0 aliphatic heterocycles. The Morgan fingerprint density at radius 3 is 2.42 bits per heavy atom. The summed E-state index contributed by atoms with van der Waals surface area (Å²) in [5.41, 5.74) is 0.755. The average molecular weight is 334 g/mol. The van der Waals surface area contributed by atoms with Gasteiger partial charge in [0.25, 0.3) is 0 Å². The van der Waals surface area contributed by atoms with E-state index >= 15 is 0 Å². The quantitative estimate of drug-likeness (QED) is 0.883. The molecule has 0 saturated heterocycles. The summed E-state index contributed by atoms with van der Waals surface area (Å²) in [6.45, 7) is 1.25. The fraction of sp³-hybridized carbons (Fsp3) is 0.176. The van der Waals surface area contributed by atoms with Crippen LogP contribution in [0.1, 0.15) is 12.5 Å². The number of benzene rings is 2. The molecule has 0 saturated carbocycles. The molecule has 2 rings (SSSR count). The smallest absolute Gasteiger partial charge is 0.228 e. The van der Waals surface area contributed by atoms with E-state index in [0.717, 1.165) is 6.07 Å². The van der Waals surface area contributed by atoms with Crippen LogP contribution < -0.4 is 15.4 Å². The molecular weight excluding hydrogens is 318 g/mol. The van der Waals surface area contributed by atoms with Crippen molar-refractivity contribution in [3.63, 3.8) is 0 Å². The van der Waals surface area contributed by atoms with Gasteiger partial charge in [0.1, 0.15) is 5.82 Å². The van der Waals surface area contributed by atoms with Crippen LogP contribution >= 0.6 is 0 Å². The molecule has 0 radical (unpaired) electrons. The molecule has 0 aliphatic rings. The van der Waals surface area contributed by atoms with Gasteiger partial charge in [0.05, 0.1) is 19.2 Å². The summed E-state index contributed by atoms with van der Waals surface area (Å²) in [7, 11) is 1.35. The monoisotopic (exact) mass is 334 g/mol. The van der Waals surface area contributed by atoms with Crippen molar-refractivity contribution in [1.29, 1.82) is 0 Å². The van der Waals surface area contributed by atoms with E-state index in [1.54, 1.807) is 6.07 Å². The van der Waals surface area contributed by atoms with Crippen molar-refractivity contribution < 1.29 is 23.1 Å². The summed E-state index contributed by atoms with van der Waals surface area (Å²) in [5.74, 6) is -1.90. The Hall–Kier alpha value is -2.96. The van der Waals surface area contributed by atoms with E-state index < -0.39 is 23.4 Å². The van der Waals surface area contributed by atoms with Gasteiger partial charge in [0.15, 0.2) is 11.6 Å². The summed E-state index contributed by atoms with van der Waals surface area (Å²) >= 11 is 0. The van der Waals surface area contributed by atoms with Crippen molar-refractivity contribution in [2.45, 2.75) is 13.3 Å². The molecule has 2 amide bonds. The van der Waals surface area contributed by atoms with Gasteiger partial charge in [-0.2, -0.15) is 0 Å². The highest BCUT2D eigenvalue weighted by atomic mass is 19.1. The van der Waals surface area contributed by atoms with Gasteiger partial charge in [-0.15, -0.1) is 0 Å². The Morgan fingerprint density at radius 2 is 1.79 bits per heavy atom. The molecule has 2 aromatic carbocycles. The molecule has 126 valence electrons. The predicted molar refractivity (Wildman–Crippen MR) is 86.0 cm³/mol. The number of hydrogen-bond donors (Lipinski definition) is 2. The third-order valence-corrected chi connectivity index (χ3v) is 3.14. The fourth-order valence-corrected chi connectivity index (χ4v) is 2.10. The number of ether oxygens (including phenoxy) is 1. The molecule has 2 aromatic rings. The normalized spacial score (nSPS) is 10.2. The lowest BCUT2D eigenvalue weighted by molar-refractivity contribution is -0.115. The van der Waals surface area contributed by atoms with E-state index in [0.29, 0.717) is 11.3 Å². The highest BCUT2D eigenvalue weighted by Crippen LogP contribution is 2.21. The first-order valence-electron chi connectivity index (χ1n) is 7.08. The van der Waals surface area contributed by atoms with E-state index in [1.165, 1.54) is 38.3 Å². The van der Waals surface area contributed by atoms with Crippen molar-refractivity contribution in [1.82, 2.24) is 0 Å². The molecule has 0 unspecified atom stereocenters. The van der Waals surface area contributed by atoms with Crippen molar-refractivity contribution in [2.75, 3.05) is 17.7 Å². The second-order valence-electron chi connectivity index (χ2n) is 5.07. The number of carbonyl (C=O) groups is 2. The number of methoxy groups -OCH3 is 1. The molecule has 0 heterocycles. The Balaban J connectivity index is 2.07. The molecular formula is C17H16F2N2O3. The van der Waals surface area contributed by atoms with Gasteiger partial charge in [-0.1, -0.05) is 6.07 Å². The zero-order chi connectivity index (χ0) is 17.7. The maximum absolute atomic E-state index is 13.6. The van der Waals surface area contributed by atoms with Gasteiger partial charge in [-0.25, -0.2) is 8.78 Å². The first kappa shape index (κ1) is 17.4. The Kier molecular flexibility index (Phi) is 5.47. The first-order chi connectivity index (χ1) is 11.4. The molecule has 0 fully saturated rings. The summed E-state index contributed by atoms with van der Waals surface area (Å²) < 4.78 is 32.0. The predicted octanol–water partition coefficient (Wildman–Crippen LogP) is 3.11. The number of nitrogens with one attached hydrogen (secondary N) is 2. The van der Waals surface area contributed by atoms with Crippen LogP contribution in [0.3, 0.4) is 0 Å². The number of rotatable bonds is 5. The zero-order valence-electron chi connectivity index (χ0n) is 13.2. The summed E-state index contributed by atoms with van der Waals surface area (Å²) in [6, 6.07) is 8.04. The van der Waals surface area contributed by atoms with Crippen LogP contribution in [0.2, 0.25) is 0 Å². The topological polar surface area (TPSA) is 67.4 Å². The van der Waals surface area contributed by atoms with Crippen LogP contribution in [0.4, 0.5) is 20.2 Å². The van der Waals surface area contributed by atoms with Crippen molar-refractivity contribution in [3.05, 3.63) is 53.6 Å². The van der Waals surface area contributed by atoms with Crippen molar-refractivity contribution in [2.24, 2.45) is 0 Å². The van der Waals surface area contributed by atoms with E-state index in [4.69, 9.17) is 4.74 Å². The number of hydrogen-bond acceptors (Lipinski definition) is 3. The minimum absolute atomic E-state index is 0.0317. The lowest BCUT2D eigenvalue weighted by Crippen LogP contribution is -2.15. The maximum Gasteiger partial charge on any atom is 0.228 e. The van der Waals surface area contributed by atoms with Crippen molar-refractivity contribution in [3.8, 4) is 5.75 Å². The van der Waals surface area contributed by atoms with E-state index in [2.05, 4.69) is 10.6 Å². The molecule has 0 aliphatic carbocycles. The molecule has 24 heavy (non-hydrogen) atoms. The second-order valence-corrected chi connectivity index (χ2v) is 5.07. The molecule has 7 heteroatoms. The molecule has 2 N–H and O–H groups in total. The first-order valence-corrected chi connectivity index (χ1v) is 7.08. The van der Waals surface area contributed by atoms with Crippen LogP contribution in [-0.2, 0) is 16.0 Å². The lowest BCUT2D eigenvalue weighted by atomic mass is 10.1. The van der Waals surface area contributed by atoms with Crippen molar-refractivity contribution >= 4 is 23.2 Å². The summed E-state index contributed by atoms with van der Waals surface area (Å²) in [6.07, 6.45) is -0.0617. The van der Waals surface area contributed by atoms with Crippen LogP contribution in [0.5, 0.6) is 5.75 Å². The van der Waals surface area contributed by atoms with Gasteiger partial charge < -0.3 is 15.4 Å². The average Bonchev–Trinajstić information content (AvgIpc) is 2.50. The van der Waals surface area contributed by atoms with Gasteiger partial charge in [-0.05, 0) is 35.9 Å². The number of halogens is 2. The fourth-order valence-electron chi connectivity index (χ4n) is 2.10. The Morgan fingerprint density at radius 1 is 1.04 bits per heavy atom. The minimum atomic E-state index is -0.611. The standard InChI is InChI=1S/C17H16F2N2O3/c1-10(22)20-15-9-12(4-5-13(15)18)21-17(23)8-11-3-6-16(24-2)14(19)7-11/h3-7,9H,8H2,1-2H3,(H,20,22)(H,21,23). The second kappa shape index (κ2) is 7.54. The summed E-state index contributed by atoms with van der Waals surface area (Å²) in [5, 5.41) is 4.90. The molecule has 0 spiro atoms. The SMILES string of the molecule is COc1ccc(CC(=O)Nc2ccc(F)c(NC(C)=O)c2)cc1F. The molecule has 0 bridgehead atoms. The third-order valence-electron chi connectivity index (χ3n) is 3.14. The summed E-state index contributed by atoms with van der Waals surface area (Å²) in [4.78, 5) is 23.0. The Labute approximate surface area is 137 Å². The molecule has 0 aromatic heterocycles. The highest BCUT2D eigenvalue weighted by Gasteiger charge is 2.10. The van der Waals surface area contributed by atoms with E-state index in [-0.39, 0.29) is 17.9 Å². The van der Waals surface area contributed by atoms with Gasteiger partial charge >= 0.3 is 0 Å². The maximum atomic E-state index is 13.6. The largest absolute Gasteiger partial charge is 0.494 e. The number of amides is 2. The molecule has 0 atom stereocenters. The number of anilines is 2. The van der Waals surface area contributed by atoms with Gasteiger partial charge in [-0.3, -0.25) is 9.59 Å². The lowest BCUT2D eigenvalue weighted by Gasteiger charge is -2.09. The van der Waals surface area contributed by atoms with Crippen LogP contribution in [-0.4, -0.2) is 18.9 Å². The van der Waals surface area contributed by atoms with Crippen LogP contribution in [0.25, 0.3) is 0 Å². The van der Waals surface area contributed by atoms with Gasteiger partial charge in [0.2, 0.25) is 11.8 Å². The van der Waals surface area contributed by atoms with E-state index in [9.17, 15) is 18.4 Å². The van der Waals surface area contributed by atoms with Gasteiger partial charge in [0, 0.05) is 12.6 Å². The molecule has 5 nitrogen and oxygen atoms in total. The Bertz CT molecular complexity index is 778. The van der Waals surface area contributed by atoms with Crippen LogP contribution in [0.15, 0.2) is 36.4 Å². The highest BCUT2D eigenvalue weighted by molar-refractivity contribution is 5.94. The minimum Gasteiger partial charge on any atom is -0.494 e. The zero-order valence-corrected chi connectivity index (χ0v) is 13.2. The number of carbonyl (C=O) groups excluding carboxylic acids is 2.